The predicted molar refractivity (Wildman–Crippen MR) is 21.3 cm³/mol. The quantitative estimate of drug-likeness (QED) is 0.242. The van der Waals surface area contributed by atoms with Crippen molar-refractivity contribution in [2.75, 3.05) is 0 Å². The molecule has 0 rings (SSSR count). The number of hydrogen-bond donors (Lipinski definition) is 1. The Morgan fingerprint density at radius 2 is 1.58 bits per heavy atom. The Labute approximate surface area is 91.1 Å². The Morgan fingerprint density at radius 1 is 1.25 bits per heavy atom. The van der Waals surface area contributed by atoms with Crippen LogP contribution in [-0.2, 0) is 18.7 Å². The van der Waals surface area contributed by atoms with Crippen LogP contribution in [0.2, 0.25) is 0 Å². The van der Waals surface area contributed by atoms with Crippen molar-refractivity contribution < 1.29 is 71.3 Å². The number of aliphatic carboxylic acids is 1. The molecule has 0 aromatic heterocycles. The Morgan fingerprint density at radius 3 is 1.67 bits per heavy atom. The monoisotopic (exact) mass is 182 g/mol. The molecule has 0 amide bonds. The number of phosphoric ester groups is 1. The van der Waals surface area contributed by atoms with Gasteiger partial charge in [0.1, 0.15) is 7.82 Å². The molecule has 12 heavy (non-hydrogen) atoms. The fourth-order valence-electron chi connectivity index (χ4n) is 0.141. The number of phosphoric acid groups is 1. The van der Waals surface area contributed by atoms with Gasteiger partial charge >= 0.3 is 49.7 Å². The maximum absolute atomic E-state index is 9.76. The third kappa shape index (κ3) is 10.3. The second-order valence-electron chi connectivity index (χ2n) is 1.13. The maximum atomic E-state index is 9.76. The van der Waals surface area contributed by atoms with Gasteiger partial charge < -0.3 is 24.0 Å². The first-order valence-corrected chi connectivity index (χ1v) is 3.28. The summed E-state index contributed by atoms with van der Waals surface area (Å²) in [6.07, 6.45) is 0. The number of rotatable bonds is 1. The number of carboxylic acids is 1. The van der Waals surface area contributed by atoms with Gasteiger partial charge in [0, 0.05) is 0 Å². The van der Waals surface area contributed by atoms with E-state index in [4.69, 9.17) is 5.11 Å². The second-order valence-corrected chi connectivity index (χ2v) is 2.21. The summed E-state index contributed by atoms with van der Waals surface area (Å²) in [7, 11) is -5.51. The van der Waals surface area contributed by atoms with Gasteiger partial charge in [-0.3, -0.25) is 0 Å². The molecular weight excluding hydrogens is 181 g/mol. The summed E-state index contributed by atoms with van der Waals surface area (Å²) in [4.78, 5) is 38.3. The van der Waals surface area contributed by atoms with Crippen molar-refractivity contribution in [3.05, 3.63) is 0 Å². The molecule has 0 bridgehead atoms. The molecule has 0 fully saturated rings. The van der Waals surface area contributed by atoms with Gasteiger partial charge in [0.2, 0.25) is 0 Å². The molecule has 0 saturated carbocycles. The van der Waals surface area contributed by atoms with Gasteiger partial charge in [-0.25, -0.2) is 9.59 Å². The summed E-state index contributed by atoms with van der Waals surface area (Å²) in [6.45, 7) is 0. The van der Waals surface area contributed by atoms with Gasteiger partial charge in [0.15, 0.2) is 0 Å². The number of carboxylic acid groups (broad SMARTS) is 1. The summed E-state index contributed by atoms with van der Waals surface area (Å²) >= 11 is 0. The fraction of sp³-hybridized carbons (Fsp3) is 0. The third-order valence-corrected chi connectivity index (χ3v) is 0.759. The SMILES string of the molecule is O=C(O)C(=O)OP(=O)([O-])[O-].[Li+].[Li+]. The summed E-state index contributed by atoms with van der Waals surface area (Å²) in [5, 5.41) is 7.67. The average Bonchev–Trinajstić information content (AvgIpc) is 1.60. The molecule has 0 unspecified atom stereocenters. The second kappa shape index (κ2) is 6.76. The molecule has 0 aliphatic rings. The first-order valence-electron chi connectivity index (χ1n) is 1.82. The Hall–Kier alpha value is 0.285. The van der Waals surface area contributed by atoms with E-state index in [1.165, 1.54) is 0 Å². The van der Waals surface area contributed by atoms with Crippen molar-refractivity contribution in [2.24, 2.45) is 0 Å². The Bertz CT molecular complexity index is 207. The zero-order valence-electron chi connectivity index (χ0n) is 6.34. The standard InChI is InChI=1S/C2H3O7P.2Li/c3-1(4)2(5)9-10(6,7)8;;/h(H,3,4)(H2,6,7,8);;/q;2*+1/p-2. The first kappa shape index (κ1) is 18.1. The molecule has 1 N–H and O–H groups in total. The zero-order chi connectivity index (χ0) is 8.36. The van der Waals surface area contributed by atoms with Crippen molar-refractivity contribution in [1.82, 2.24) is 0 Å². The van der Waals surface area contributed by atoms with E-state index >= 15 is 0 Å². The normalized spacial score (nSPS) is 8.83. The minimum atomic E-state index is -5.51. The van der Waals surface area contributed by atoms with E-state index in [0.717, 1.165) is 0 Å². The zero-order valence-corrected chi connectivity index (χ0v) is 7.24. The fourth-order valence-corrected chi connectivity index (χ4v) is 0.422. The van der Waals surface area contributed by atoms with E-state index < -0.39 is 19.8 Å². The predicted octanol–water partition coefficient (Wildman–Crippen LogP) is -8.55. The Balaban J connectivity index is -0.000000405. The first-order chi connectivity index (χ1) is 4.33. The largest absolute Gasteiger partial charge is 1.00 e. The topological polar surface area (TPSA) is 127 Å². The molecule has 0 saturated heterocycles. The van der Waals surface area contributed by atoms with Gasteiger partial charge in [-0.15, -0.1) is 0 Å². The molecule has 0 aromatic rings. The average molecular weight is 182 g/mol. The van der Waals surface area contributed by atoms with Crippen molar-refractivity contribution in [1.29, 1.82) is 0 Å². The van der Waals surface area contributed by atoms with E-state index in [1.54, 1.807) is 0 Å². The Kier molecular flexibility index (Phi) is 10.2. The molecule has 0 aromatic carbocycles. The molecule has 7 nitrogen and oxygen atoms in total. The summed E-state index contributed by atoms with van der Waals surface area (Å²) in [5.74, 6) is -4.24. The van der Waals surface area contributed by atoms with Crippen LogP contribution in [0.5, 0.6) is 0 Å². The van der Waals surface area contributed by atoms with E-state index in [9.17, 15) is 23.9 Å². The van der Waals surface area contributed by atoms with Gasteiger partial charge in [-0.1, -0.05) is 0 Å². The van der Waals surface area contributed by atoms with Crippen LogP contribution in [0.4, 0.5) is 0 Å². The molecular formula is C2HLi2O7P. The number of carbonyl (C=O) groups excluding carboxylic acids is 1. The van der Waals surface area contributed by atoms with Gasteiger partial charge in [-0.05, 0) is 0 Å². The molecule has 0 atom stereocenters. The van der Waals surface area contributed by atoms with Crippen LogP contribution < -0.4 is 47.5 Å². The molecule has 0 aliphatic carbocycles. The summed E-state index contributed by atoms with van der Waals surface area (Å²) in [5.41, 5.74) is 0. The van der Waals surface area contributed by atoms with Crippen LogP contribution in [0.3, 0.4) is 0 Å². The van der Waals surface area contributed by atoms with Crippen LogP contribution in [-0.4, -0.2) is 17.0 Å². The summed E-state index contributed by atoms with van der Waals surface area (Å²) in [6, 6.07) is 0. The number of hydrogen-bond acceptors (Lipinski definition) is 6. The van der Waals surface area contributed by atoms with Gasteiger partial charge in [0.25, 0.3) is 0 Å². The molecule has 10 heteroatoms. The molecule has 0 heterocycles. The van der Waals surface area contributed by atoms with Gasteiger partial charge in [-0.2, -0.15) is 0 Å². The maximum Gasteiger partial charge on any atom is 1.00 e. The van der Waals surface area contributed by atoms with E-state index in [-0.39, 0.29) is 37.7 Å². The van der Waals surface area contributed by atoms with Crippen molar-refractivity contribution in [3.63, 3.8) is 0 Å². The smallest absolute Gasteiger partial charge is 0.780 e. The van der Waals surface area contributed by atoms with Crippen LogP contribution in [0.1, 0.15) is 0 Å². The summed E-state index contributed by atoms with van der Waals surface area (Å²) < 4.78 is 12.4. The molecule has 0 radical (unpaired) electrons. The molecule has 0 aliphatic heterocycles. The third-order valence-electron chi connectivity index (χ3n) is 0.369. The van der Waals surface area contributed by atoms with Gasteiger partial charge in [0.05, 0.1) is 0 Å². The van der Waals surface area contributed by atoms with Crippen molar-refractivity contribution in [2.45, 2.75) is 0 Å². The number of carbonyl (C=O) groups is 2. The van der Waals surface area contributed by atoms with Crippen LogP contribution in [0.25, 0.3) is 0 Å². The van der Waals surface area contributed by atoms with Crippen LogP contribution in [0, 0.1) is 0 Å². The van der Waals surface area contributed by atoms with Crippen molar-refractivity contribution >= 4 is 19.8 Å². The van der Waals surface area contributed by atoms with Crippen LogP contribution >= 0.6 is 7.82 Å². The van der Waals surface area contributed by atoms with Crippen molar-refractivity contribution in [3.8, 4) is 0 Å². The molecule has 58 valence electrons. The van der Waals surface area contributed by atoms with Crippen LogP contribution in [0.15, 0.2) is 0 Å². The minimum Gasteiger partial charge on any atom is -0.780 e. The molecule has 0 spiro atoms. The minimum absolute atomic E-state index is 0. The van der Waals surface area contributed by atoms with E-state index in [1.807, 2.05) is 0 Å². The van der Waals surface area contributed by atoms with E-state index in [2.05, 4.69) is 4.52 Å². The van der Waals surface area contributed by atoms with E-state index in [0.29, 0.717) is 0 Å².